The Morgan fingerprint density at radius 3 is 2.50 bits per heavy atom. The van der Waals surface area contributed by atoms with Crippen LogP contribution in [0.4, 0.5) is 4.39 Å². The minimum atomic E-state index is -3.10. The fourth-order valence-electron chi connectivity index (χ4n) is 2.60. The van der Waals surface area contributed by atoms with E-state index in [2.05, 4.69) is 5.32 Å². The highest BCUT2D eigenvalue weighted by atomic mass is 35.5. The van der Waals surface area contributed by atoms with Crippen LogP contribution in [0.25, 0.3) is 0 Å². The van der Waals surface area contributed by atoms with Crippen LogP contribution in [-0.2, 0) is 19.4 Å². The van der Waals surface area contributed by atoms with E-state index in [0.717, 1.165) is 6.07 Å². The van der Waals surface area contributed by atoms with Crippen LogP contribution >= 0.6 is 11.6 Å². The van der Waals surface area contributed by atoms with Crippen molar-refractivity contribution in [2.24, 2.45) is 5.92 Å². The molecule has 1 atom stereocenters. The molecule has 24 heavy (non-hydrogen) atoms. The average molecular weight is 378 g/mol. The van der Waals surface area contributed by atoms with E-state index < -0.39 is 45.9 Å². The second-order valence-electron chi connectivity index (χ2n) is 5.76. The Morgan fingerprint density at radius 1 is 1.33 bits per heavy atom. The van der Waals surface area contributed by atoms with E-state index in [4.69, 9.17) is 16.7 Å². The lowest BCUT2D eigenvalue weighted by Crippen LogP contribution is -2.38. The summed E-state index contributed by atoms with van der Waals surface area (Å²) in [6.45, 7) is 0. The Labute approximate surface area is 143 Å². The van der Waals surface area contributed by atoms with Crippen molar-refractivity contribution in [3.8, 4) is 0 Å². The molecule has 1 unspecified atom stereocenters. The average Bonchev–Trinajstić information content (AvgIpc) is 2.48. The highest BCUT2D eigenvalue weighted by Crippen LogP contribution is 2.25. The molecule has 1 aromatic rings. The topological polar surface area (TPSA) is 101 Å². The van der Waals surface area contributed by atoms with Gasteiger partial charge in [0.2, 0.25) is 5.91 Å². The zero-order valence-corrected chi connectivity index (χ0v) is 14.2. The number of rotatable bonds is 5. The van der Waals surface area contributed by atoms with Crippen molar-refractivity contribution < 1.29 is 27.5 Å². The normalized spacial score (nSPS) is 18.8. The van der Waals surface area contributed by atoms with Crippen molar-refractivity contribution in [2.75, 3.05) is 11.5 Å². The molecule has 132 valence electrons. The first kappa shape index (κ1) is 18.7. The van der Waals surface area contributed by atoms with Gasteiger partial charge in [0.1, 0.15) is 15.7 Å². The zero-order chi connectivity index (χ0) is 17.9. The summed E-state index contributed by atoms with van der Waals surface area (Å²) in [5, 5.41) is 11.5. The molecule has 0 radical (unpaired) electrons. The molecule has 1 aromatic carbocycles. The largest absolute Gasteiger partial charge is 0.481 e. The van der Waals surface area contributed by atoms with E-state index >= 15 is 0 Å². The molecule has 0 aromatic heterocycles. The van der Waals surface area contributed by atoms with Gasteiger partial charge in [0, 0.05) is 5.92 Å². The fourth-order valence-corrected chi connectivity index (χ4v) is 4.21. The number of sulfone groups is 1. The van der Waals surface area contributed by atoms with Crippen LogP contribution in [0.1, 0.15) is 30.9 Å². The lowest BCUT2D eigenvalue weighted by atomic mass is 9.98. The highest BCUT2D eigenvalue weighted by molar-refractivity contribution is 7.91. The number of benzene rings is 1. The number of carbonyl (C=O) groups is 2. The number of nitrogens with one attached hydrogen (secondary N) is 1. The molecule has 1 saturated heterocycles. The Bertz CT molecular complexity index is 738. The van der Waals surface area contributed by atoms with E-state index in [1.165, 1.54) is 12.1 Å². The minimum Gasteiger partial charge on any atom is -0.481 e. The summed E-state index contributed by atoms with van der Waals surface area (Å²) in [5.74, 6) is -2.91. The van der Waals surface area contributed by atoms with Crippen LogP contribution in [0.2, 0.25) is 5.02 Å². The maximum absolute atomic E-state index is 13.6. The number of aliphatic carboxylic acids is 1. The van der Waals surface area contributed by atoms with Gasteiger partial charge in [0.05, 0.1) is 29.0 Å². The Balaban J connectivity index is 2.12. The predicted octanol–water partition coefficient (Wildman–Crippen LogP) is 1.94. The van der Waals surface area contributed by atoms with Gasteiger partial charge in [-0.1, -0.05) is 17.7 Å². The van der Waals surface area contributed by atoms with Gasteiger partial charge in [-0.25, -0.2) is 12.8 Å². The monoisotopic (exact) mass is 377 g/mol. The molecule has 1 aliphatic heterocycles. The van der Waals surface area contributed by atoms with Crippen LogP contribution in [0.3, 0.4) is 0 Å². The highest BCUT2D eigenvalue weighted by Gasteiger charge is 2.30. The van der Waals surface area contributed by atoms with E-state index in [0.29, 0.717) is 0 Å². The fraction of sp³-hybridized carbons (Fsp3) is 0.467. The lowest BCUT2D eigenvalue weighted by Gasteiger charge is -2.24. The lowest BCUT2D eigenvalue weighted by molar-refractivity contribution is -0.138. The molecular formula is C15H17ClFNO5S. The van der Waals surface area contributed by atoms with Gasteiger partial charge < -0.3 is 10.4 Å². The number of halogens is 2. The van der Waals surface area contributed by atoms with Crippen molar-refractivity contribution in [3.63, 3.8) is 0 Å². The second kappa shape index (κ2) is 7.48. The number of amides is 1. The third-order valence-electron chi connectivity index (χ3n) is 3.97. The summed E-state index contributed by atoms with van der Waals surface area (Å²) >= 11 is 5.61. The molecule has 1 fully saturated rings. The standard InChI is InChI=1S/C15H17ClFNO5S/c16-11-2-1-10(7-12(11)17)13(8-14(19)20)18-15(21)9-3-5-24(22,23)6-4-9/h1-2,7,9,13H,3-6,8H2,(H,18,21)(H,19,20). The van der Waals surface area contributed by atoms with Crippen LogP contribution in [-0.4, -0.2) is 36.9 Å². The molecule has 1 amide bonds. The Morgan fingerprint density at radius 2 is 1.96 bits per heavy atom. The maximum Gasteiger partial charge on any atom is 0.305 e. The first-order valence-electron chi connectivity index (χ1n) is 7.35. The third kappa shape index (κ3) is 4.91. The molecular weight excluding hydrogens is 361 g/mol. The first-order valence-corrected chi connectivity index (χ1v) is 9.55. The smallest absolute Gasteiger partial charge is 0.305 e. The zero-order valence-electron chi connectivity index (χ0n) is 12.7. The molecule has 6 nitrogen and oxygen atoms in total. The van der Waals surface area contributed by atoms with Crippen LogP contribution in [0, 0.1) is 11.7 Å². The second-order valence-corrected chi connectivity index (χ2v) is 8.47. The number of carbonyl (C=O) groups excluding carboxylic acids is 1. The van der Waals surface area contributed by atoms with Crippen molar-refractivity contribution in [2.45, 2.75) is 25.3 Å². The van der Waals surface area contributed by atoms with Crippen molar-refractivity contribution >= 4 is 33.3 Å². The molecule has 0 spiro atoms. The number of carboxylic acid groups (broad SMARTS) is 1. The Hall–Kier alpha value is -1.67. The quantitative estimate of drug-likeness (QED) is 0.816. The van der Waals surface area contributed by atoms with Gasteiger partial charge in [0.15, 0.2) is 0 Å². The summed E-state index contributed by atoms with van der Waals surface area (Å²) in [6.07, 6.45) is -0.0241. The van der Waals surface area contributed by atoms with Crippen LogP contribution < -0.4 is 5.32 Å². The van der Waals surface area contributed by atoms with Crippen LogP contribution in [0.5, 0.6) is 0 Å². The summed E-state index contributed by atoms with van der Waals surface area (Å²) in [7, 11) is -3.10. The summed E-state index contributed by atoms with van der Waals surface area (Å²) in [6, 6.07) is 2.91. The molecule has 2 rings (SSSR count). The molecule has 9 heteroatoms. The van der Waals surface area contributed by atoms with E-state index in [1.807, 2.05) is 0 Å². The summed E-state index contributed by atoms with van der Waals surface area (Å²) in [5.41, 5.74) is 0.288. The van der Waals surface area contributed by atoms with Gasteiger partial charge in [-0.05, 0) is 30.5 Å². The first-order chi connectivity index (χ1) is 11.2. The van der Waals surface area contributed by atoms with Crippen molar-refractivity contribution in [1.82, 2.24) is 5.32 Å². The predicted molar refractivity (Wildman–Crippen MR) is 85.9 cm³/mol. The van der Waals surface area contributed by atoms with Gasteiger partial charge in [0.25, 0.3) is 0 Å². The number of hydrogen-bond donors (Lipinski definition) is 2. The van der Waals surface area contributed by atoms with Crippen molar-refractivity contribution in [3.05, 3.63) is 34.6 Å². The number of carboxylic acids is 1. The van der Waals surface area contributed by atoms with E-state index in [9.17, 15) is 22.4 Å². The molecule has 1 heterocycles. The summed E-state index contributed by atoms with van der Waals surface area (Å²) in [4.78, 5) is 23.3. The van der Waals surface area contributed by atoms with Crippen LogP contribution in [0.15, 0.2) is 18.2 Å². The molecule has 1 aliphatic rings. The molecule has 0 bridgehead atoms. The third-order valence-corrected chi connectivity index (χ3v) is 5.99. The summed E-state index contributed by atoms with van der Waals surface area (Å²) < 4.78 is 36.4. The SMILES string of the molecule is O=C(O)CC(NC(=O)C1CCS(=O)(=O)CC1)c1ccc(Cl)c(F)c1. The van der Waals surface area contributed by atoms with Gasteiger partial charge in [-0.15, -0.1) is 0 Å². The van der Waals surface area contributed by atoms with E-state index in [1.54, 1.807) is 0 Å². The van der Waals surface area contributed by atoms with E-state index in [-0.39, 0.29) is 34.9 Å². The Kier molecular flexibility index (Phi) is 5.82. The molecule has 2 N–H and O–H groups in total. The molecule has 0 aliphatic carbocycles. The van der Waals surface area contributed by atoms with Gasteiger partial charge in [-0.3, -0.25) is 9.59 Å². The minimum absolute atomic E-state index is 0.0652. The number of hydrogen-bond acceptors (Lipinski definition) is 4. The molecule has 0 saturated carbocycles. The maximum atomic E-state index is 13.6. The van der Waals surface area contributed by atoms with Gasteiger partial charge in [-0.2, -0.15) is 0 Å². The van der Waals surface area contributed by atoms with Crippen molar-refractivity contribution in [1.29, 1.82) is 0 Å². The van der Waals surface area contributed by atoms with Gasteiger partial charge >= 0.3 is 5.97 Å².